The summed E-state index contributed by atoms with van der Waals surface area (Å²) in [6.07, 6.45) is 0. The Morgan fingerprint density at radius 3 is 2.50 bits per heavy atom. The van der Waals surface area contributed by atoms with Gasteiger partial charge in [0.15, 0.2) is 0 Å². The normalized spacial score (nSPS) is 12.7. The van der Waals surface area contributed by atoms with Gasteiger partial charge in [0.25, 0.3) is 0 Å². The maximum atomic E-state index is 6.11. The predicted molar refractivity (Wildman–Crippen MR) is 71.9 cm³/mol. The molecule has 0 saturated heterocycles. The van der Waals surface area contributed by atoms with Crippen LogP contribution in [-0.2, 0) is 11.3 Å². The molecule has 0 bridgehead atoms. The van der Waals surface area contributed by atoms with Crippen molar-refractivity contribution < 1.29 is 9.15 Å². The van der Waals surface area contributed by atoms with Crippen molar-refractivity contribution in [3.63, 3.8) is 0 Å². The number of halogens is 2. The van der Waals surface area contributed by atoms with Gasteiger partial charge in [-0.05, 0) is 35.9 Å². The summed E-state index contributed by atoms with van der Waals surface area (Å²) in [5, 5.41) is 1.10. The summed E-state index contributed by atoms with van der Waals surface area (Å²) < 4.78 is 10.6. The van der Waals surface area contributed by atoms with Crippen molar-refractivity contribution in [1.82, 2.24) is 0 Å². The van der Waals surface area contributed by atoms with Gasteiger partial charge in [-0.25, -0.2) is 0 Å². The summed E-state index contributed by atoms with van der Waals surface area (Å²) in [5.41, 5.74) is 6.92. The third-order valence-electron chi connectivity index (χ3n) is 2.52. The van der Waals surface area contributed by atoms with E-state index >= 15 is 0 Å². The molecule has 0 radical (unpaired) electrons. The van der Waals surface area contributed by atoms with Gasteiger partial charge in [-0.1, -0.05) is 23.2 Å². The van der Waals surface area contributed by atoms with Crippen LogP contribution in [0.4, 0.5) is 0 Å². The van der Waals surface area contributed by atoms with Crippen molar-refractivity contribution in [2.45, 2.75) is 12.6 Å². The first kappa shape index (κ1) is 13.4. The zero-order chi connectivity index (χ0) is 13.1. The second-order valence-electron chi connectivity index (χ2n) is 3.92. The number of rotatable bonds is 4. The minimum Gasteiger partial charge on any atom is -0.462 e. The second kappa shape index (κ2) is 5.76. The molecule has 1 aromatic heterocycles. The average molecular weight is 286 g/mol. The number of benzene rings is 1. The van der Waals surface area contributed by atoms with Crippen LogP contribution < -0.4 is 5.73 Å². The monoisotopic (exact) mass is 285 g/mol. The van der Waals surface area contributed by atoms with Crippen LogP contribution in [0.25, 0.3) is 0 Å². The third-order valence-corrected chi connectivity index (χ3v) is 2.96. The Morgan fingerprint density at radius 2 is 1.89 bits per heavy atom. The standard InChI is InChI=1S/C13H13Cl2NO2/c1-17-7-11-2-3-12(18-11)13(16)8-4-9(14)6-10(15)5-8/h2-6,13H,7,16H2,1H3. The summed E-state index contributed by atoms with van der Waals surface area (Å²) in [6.45, 7) is 0.420. The molecule has 2 N–H and O–H groups in total. The van der Waals surface area contributed by atoms with Crippen molar-refractivity contribution in [3.05, 3.63) is 57.5 Å². The van der Waals surface area contributed by atoms with Crippen LogP contribution in [0.5, 0.6) is 0 Å². The second-order valence-corrected chi connectivity index (χ2v) is 4.79. The Hall–Kier alpha value is -1.00. The van der Waals surface area contributed by atoms with E-state index < -0.39 is 6.04 Å². The van der Waals surface area contributed by atoms with Gasteiger partial charge in [0.1, 0.15) is 18.1 Å². The first-order valence-corrected chi connectivity index (χ1v) is 6.15. The summed E-state index contributed by atoms with van der Waals surface area (Å²) in [7, 11) is 1.61. The number of nitrogens with two attached hydrogens (primary N) is 1. The van der Waals surface area contributed by atoms with Crippen LogP contribution in [0, 0.1) is 0 Å². The quantitative estimate of drug-likeness (QED) is 0.930. The van der Waals surface area contributed by atoms with Gasteiger partial charge in [-0.3, -0.25) is 0 Å². The molecule has 0 fully saturated rings. The highest BCUT2D eigenvalue weighted by Crippen LogP contribution is 2.27. The maximum Gasteiger partial charge on any atom is 0.129 e. The average Bonchev–Trinajstić information content (AvgIpc) is 2.76. The summed E-state index contributed by atoms with van der Waals surface area (Å²) >= 11 is 11.9. The molecule has 5 heteroatoms. The molecule has 0 amide bonds. The highest BCUT2D eigenvalue weighted by molar-refractivity contribution is 6.34. The van der Waals surface area contributed by atoms with E-state index in [1.165, 1.54) is 0 Å². The summed E-state index contributed by atoms with van der Waals surface area (Å²) in [5.74, 6) is 1.39. The Bertz CT molecular complexity index is 519. The molecule has 0 aliphatic rings. The van der Waals surface area contributed by atoms with Gasteiger partial charge < -0.3 is 14.9 Å². The molecule has 0 spiro atoms. The lowest BCUT2D eigenvalue weighted by Crippen LogP contribution is -2.10. The summed E-state index contributed by atoms with van der Waals surface area (Å²) in [4.78, 5) is 0. The lowest BCUT2D eigenvalue weighted by atomic mass is 10.1. The van der Waals surface area contributed by atoms with Gasteiger partial charge >= 0.3 is 0 Å². The van der Waals surface area contributed by atoms with Crippen molar-refractivity contribution in [1.29, 1.82) is 0 Å². The molecule has 3 nitrogen and oxygen atoms in total. The highest BCUT2D eigenvalue weighted by atomic mass is 35.5. The Kier molecular flexibility index (Phi) is 4.30. The lowest BCUT2D eigenvalue weighted by molar-refractivity contribution is 0.162. The predicted octanol–water partition coefficient (Wildman–Crippen LogP) is 3.78. The molecular formula is C13H13Cl2NO2. The van der Waals surface area contributed by atoms with E-state index in [1.807, 2.05) is 12.1 Å². The highest BCUT2D eigenvalue weighted by Gasteiger charge is 2.14. The molecule has 2 rings (SSSR count). The summed E-state index contributed by atoms with van der Waals surface area (Å²) in [6, 6.07) is 8.48. The largest absolute Gasteiger partial charge is 0.462 e. The molecule has 1 heterocycles. The first-order valence-electron chi connectivity index (χ1n) is 5.39. The van der Waals surface area contributed by atoms with Crippen LogP contribution in [0.1, 0.15) is 23.1 Å². The molecule has 0 aliphatic carbocycles. The van der Waals surface area contributed by atoms with Crippen molar-refractivity contribution >= 4 is 23.2 Å². The lowest BCUT2D eigenvalue weighted by Gasteiger charge is -2.10. The van der Waals surface area contributed by atoms with E-state index in [1.54, 1.807) is 25.3 Å². The van der Waals surface area contributed by atoms with E-state index in [9.17, 15) is 0 Å². The van der Waals surface area contributed by atoms with Crippen molar-refractivity contribution in [2.24, 2.45) is 5.73 Å². The molecule has 18 heavy (non-hydrogen) atoms. The van der Waals surface area contributed by atoms with E-state index in [-0.39, 0.29) is 0 Å². The van der Waals surface area contributed by atoms with Crippen LogP contribution >= 0.6 is 23.2 Å². The number of ether oxygens (including phenoxy) is 1. The zero-order valence-corrected chi connectivity index (χ0v) is 11.3. The number of hydrogen-bond donors (Lipinski definition) is 1. The molecule has 1 atom stereocenters. The first-order chi connectivity index (χ1) is 8.60. The smallest absolute Gasteiger partial charge is 0.129 e. The number of hydrogen-bond acceptors (Lipinski definition) is 3. The molecular weight excluding hydrogens is 273 g/mol. The van der Waals surface area contributed by atoms with Gasteiger partial charge in [-0.2, -0.15) is 0 Å². The molecule has 0 saturated carbocycles. The fourth-order valence-corrected chi connectivity index (χ4v) is 2.24. The van der Waals surface area contributed by atoms with E-state index in [2.05, 4.69) is 0 Å². The van der Waals surface area contributed by atoms with Gasteiger partial charge in [0.05, 0.1) is 6.04 Å². The Morgan fingerprint density at radius 1 is 1.22 bits per heavy atom. The fraction of sp³-hybridized carbons (Fsp3) is 0.231. The zero-order valence-electron chi connectivity index (χ0n) is 9.82. The molecule has 1 unspecified atom stereocenters. The van der Waals surface area contributed by atoms with Crippen LogP contribution in [-0.4, -0.2) is 7.11 Å². The van der Waals surface area contributed by atoms with Crippen LogP contribution in [0.3, 0.4) is 0 Å². The van der Waals surface area contributed by atoms with Gasteiger partial charge in [0.2, 0.25) is 0 Å². The Labute approximate surface area is 115 Å². The fourth-order valence-electron chi connectivity index (χ4n) is 1.70. The van der Waals surface area contributed by atoms with E-state index in [0.717, 1.165) is 11.3 Å². The van der Waals surface area contributed by atoms with E-state index in [0.29, 0.717) is 22.4 Å². The number of furan rings is 1. The Balaban J connectivity index is 2.26. The molecule has 1 aromatic carbocycles. The molecule has 2 aromatic rings. The van der Waals surface area contributed by atoms with E-state index in [4.69, 9.17) is 38.1 Å². The topological polar surface area (TPSA) is 48.4 Å². The van der Waals surface area contributed by atoms with Crippen LogP contribution in [0.2, 0.25) is 10.0 Å². The van der Waals surface area contributed by atoms with Gasteiger partial charge in [0, 0.05) is 17.2 Å². The molecule has 96 valence electrons. The molecule has 0 aliphatic heterocycles. The minimum absolute atomic E-state index is 0.396. The third kappa shape index (κ3) is 3.06. The van der Waals surface area contributed by atoms with Crippen molar-refractivity contribution in [3.8, 4) is 0 Å². The van der Waals surface area contributed by atoms with Crippen molar-refractivity contribution in [2.75, 3.05) is 7.11 Å². The SMILES string of the molecule is COCc1ccc(C(N)c2cc(Cl)cc(Cl)c2)o1. The van der Waals surface area contributed by atoms with Crippen LogP contribution in [0.15, 0.2) is 34.7 Å². The maximum absolute atomic E-state index is 6.11. The minimum atomic E-state index is -0.396. The van der Waals surface area contributed by atoms with Gasteiger partial charge in [-0.15, -0.1) is 0 Å². The number of methoxy groups -OCH3 is 1.